The first kappa shape index (κ1) is 31.5. The Hall–Kier alpha value is -4.73. The molecular weight excluding hydrogens is 782 g/mol. The van der Waals surface area contributed by atoms with E-state index in [-0.39, 0.29) is 26.5 Å². The van der Waals surface area contributed by atoms with E-state index in [2.05, 4.69) is 206 Å². The monoisotopic (exact) mass is 818 g/mol. The predicted molar refractivity (Wildman–Crippen MR) is 196 cm³/mol. The molecule has 5 nitrogen and oxygen atoms in total. The van der Waals surface area contributed by atoms with Crippen molar-refractivity contribution in [1.29, 1.82) is 0 Å². The fourth-order valence-electron chi connectivity index (χ4n) is 7.74. The van der Waals surface area contributed by atoms with Gasteiger partial charge in [0.2, 0.25) is 0 Å². The smallest absolute Gasteiger partial charge is 0.510 e. The molecule has 1 atom stereocenters. The van der Waals surface area contributed by atoms with E-state index in [0.29, 0.717) is 0 Å². The molecule has 6 aromatic rings. The van der Waals surface area contributed by atoms with Crippen molar-refractivity contribution in [2.24, 2.45) is 0 Å². The third kappa shape index (κ3) is 4.70. The summed E-state index contributed by atoms with van der Waals surface area (Å²) in [5, 5.41) is 2.50. The van der Waals surface area contributed by atoms with Crippen LogP contribution in [0.3, 0.4) is 0 Å². The summed E-state index contributed by atoms with van der Waals surface area (Å²) in [6.07, 6.45) is 8.36. The molecule has 1 unspecified atom stereocenters. The van der Waals surface area contributed by atoms with Crippen molar-refractivity contribution in [3.05, 3.63) is 175 Å². The van der Waals surface area contributed by atoms with Gasteiger partial charge >= 0.3 is 21.1 Å². The molecule has 0 aliphatic carbocycles. The summed E-state index contributed by atoms with van der Waals surface area (Å²) in [7, 11) is 4.11. The summed E-state index contributed by atoms with van der Waals surface area (Å²) in [4.78, 5) is 8.48. The number of benzene rings is 5. The molecule has 0 fully saturated rings. The van der Waals surface area contributed by atoms with Crippen LogP contribution in [0.4, 0.5) is 11.4 Å². The zero-order valence-corrected chi connectivity index (χ0v) is 30.5. The minimum Gasteiger partial charge on any atom is -0.510 e. The summed E-state index contributed by atoms with van der Waals surface area (Å²) in [5.74, 6) is 0. The van der Waals surface area contributed by atoms with Crippen molar-refractivity contribution in [3.63, 3.8) is 0 Å². The van der Waals surface area contributed by atoms with Gasteiger partial charge in [0, 0.05) is 27.2 Å². The second-order valence-electron chi connectivity index (χ2n) is 14.2. The summed E-state index contributed by atoms with van der Waals surface area (Å²) in [6.45, 7) is 11.1. The summed E-state index contributed by atoms with van der Waals surface area (Å²) < 4.78 is 2.47. The molecule has 244 valence electrons. The second kappa shape index (κ2) is 11.4. The van der Waals surface area contributed by atoms with Gasteiger partial charge in [-0.1, -0.05) is 93.2 Å². The molecule has 3 aliphatic heterocycles. The molecule has 0 saturated heterocycles. The minimum atomic E-state index is -0.725. The van der Waals surface area contributed by atoms with Gasteiger partial charge < -0.3 is 24.2 Å². The van der Waals surface area contributed by atoms with Crippen molar-refractivity contribution in [1.82, 2.24) is 14.4 Å². The van der Waals surface area contributed by atoms with E-state index in [1.54, 1.807) is 0 Å². The number of nitrogens with zero attached hydrogens (tertiary/aromatic N) is 5. The van der Waals surface area contributed by atoms with Crippen LogP contribution in [0.5, 0.6) is 0 Å². The normalized spacial score (nSPS) is 18.1. The van der Waals surface area contributed by atoms with Crippen LogP contribution in [0, 0.1) is 25.5 Å². The summed E-state index contributed by atoms with van der Waals surface area (Å²) in [5.41, 5.74) is 10.6. The number of hydrogen-bond donors (Lipinski definition) is 0. The van der Waals surface area contributed by atoms with E-state index in [0.717, 1.165) is 28.2 Å². The van der Waals surface area contributed by atoms with Gasteiger partial charge in [-0.25, -0.2) is 0 Å². The maximum absolute atomic E-state index is 4.04. The van der Waals surface area contributed by atoms with Crippen LogP contribution in [0.15, 0.2) is 122 Å². The molecule has 9 rings (SSSR count). The zero-order valence-electron chi connectivity index (χ0n) is 28.3. The van der Waals surface area contributed by atoms with Crippen LogP contribution in [0.25, 0.3) is 27.5 Å². The third-order valence-corrected chi connectivity index (χ3v) is 10.0. The number of hydrogen-bond acceptors (Lipinski definition) is 4. The van der Waals surface area contributed by atoms with Crippen molar-refractivity contribution in [2.45, 2.75) is 31.6 Å². The Morgan fingerprint density at radius 2 is 1.33 bits per heavy atom. The Bertz CT molecular complexity index is 2300. The molecule has 6 heteroatoms. The van der Waals surface area contributed by atoms with Gasteiger partial charge in [0.05, 0.1) is 0 Å². The quantitative estimate of drug-likeness (QED) is 0.165. The first-order valence-electron chi connectivity index (χ1n) is 16.5. The molecule has 49 heavy (non-hydrogen) atoms. The van der Waals surface area contributed by atoms with Crippen LogP contribution in [0.2, 0.25) is 0 Å². The van der Waals surface area contributed by atoms with Gasteiger partial charge in [-0.15, -0.1) is 40.7 Å². The van der Waals surface area contributed by atoms with Crippen molar-refractivity contribution in [3.8, 4) is 5.69 Å². The van der Waals surface area contributed by atoms with Crippen LogP contribution in [0.1, 0.15) is 48.6 Å². The molecule has 0 radical (unpaired) electrons. The van der Waals surface area contributed by atoms with Crippen molar-refractivity contribution >= 4 is 33.2 Å². The molecule has 4 heterocycles. The first-order valence-corrected chi connectivity index (χ1v) is 16.5. The number of para-hydroxylation sites is 2. The molecule has 0 saturated carbocycles. The van der Waals surface area contributed by atoms with Crippen LogP contribution < -0.4 is 9.80 Å². The third-order valence-electron chi connectivity index (χ3n) is 10.0. The number of fused-ring (bicyclic) bond motifs is 5. The van der Waals surface area contributed by atoms with E-state index in [4.69, 9.17) is 0 Å². The Kier molecular flexibility index (Phi) is 7.35. The molecule has 5 aromatic carbocycles. The van der Waals surface area contributed by atoms with Gasteiger partial charge in [-0.05, 0) is 61.5 Å². The maximum atomic E-state index is 4.04. The van der Waals surface area contributed by atoms with Gasteiger partial charge in [0.15, 0.2) is 0 Å². The topological polar surface area (TPSA) is 17.9 Å². The molecule has 0 N–H and O–H groups in total. The molecule has 1 aromatic heterocycles. The number of aromatic nitrogens is 1. The Morgan fingerprint density at radius 1 is 0.653 bits per heavy atom. The molecule has 0 bridgehead atoms. The van der Waals surface area contributed by atoms with Crippen LogP contribution in [-0.2, 0) is 31.9 Å². The second-order valence-corrected chi connectivity index (χ2v) is 14.2. The van der Waals surface area contributed by atoms with Crippen LogP contribution in [-0.4, -0.2) is 28.5 Å². The van der Waals surface area contributed by atoms with Crippen molar-refractivity contribution in [2.75, 3.05) is 23.9 Å². The van der Waals surface area contributed by atoms with E-state index >= 15 is 0 Å². The maximum Gasteiger partial charge on any atom is 4.00 e. The summed E-state index contributed by atoms with van der Waals surface area (Å²) in [6, 6.07) is 43.9. The van der Waals surface area contributed by atoms with Gasteiger partial charge in [-0.2, -0.15) is 37.1 Å². The van der Waals surface area contributed by atoms with E-state index in [1.165, 1.54) is 38.5 Å². The first-order chi connectivity index (χ1) is 23.2. The fourth-order valence-corrected chi connectivity index (χ4v) is 7.74. The number of anilines is 2. The average molecular weight is 819 g/mol. The van der Waals surface area contributed by atoms with E-state index < -0.39 is 5.41 Å². The fraction of sp³-hybridized carbons (Fsp3) is 0.163. The standard InChI is InChI=1S/C43H37N5.Pt/c1-42(2,3)31-24-32(26-34(25-31)47-23-21-45(5)29-47)43(30-12-7-6-8-13-30)37-16-11-15-36-35-14-9-10-17-39(35)48(41(36)37)40-19-18-33(27-38(40)43)46-22-20-44(4)28-46;/h6-25,28-29H,1-5H3;/q-4;+4. The average Bonchev–Trinajstić information content (AvgIpc) is 3.83. The summed E-state index contributed by atoms with van der Waals surface area (Å²) >= 11 is 0. The van der Waals surface area contributed by atoms with Gasteiger partial charge in [-0.3, -0.25) is 0 Å². The Labute approximate surface area is 303 Å². The number of rotatable bonds is 4. The molecule has 0 spiro atoms. The molecule has 0 amide bonds. The van der Waals surface area contributed by atoms with E-state index in [1.807, 2.05) is 0 Å². The predicted octanol–water partition coefficient (Wildman–Crippen LogP) is 9.06. The largest absolute Gasteiger partial charge is 4.00 e. The Morgan fingerprint density at radius 3 is 2.02 bits per heavy atom. The van der Waals surface area contributed by atoms with Crippen LogP contribution >= 0.6 is 0 Å². The van der Waals surface area contributed by atoms with E-state index in [9.17, 15) is 0 Å². The SMILES string of the molecule is CN1C=CN(c2[c-]c3c(cc2)-n2c4ccccc4c4cccc(c42)C3(c2[c-]c(N3C=CN(C)[CH-]3)cc(C(C)(C)C)c2)c2ccccc2)[CH-]1.[Pt+4]. The minimum absolute atomic E-state index is 0. The van der Waals surface area contributed by atoms with Gasteiger partial charge in [0.25, 0.3) is 0 Å². The molecular formula is C43H37N5Pt. The Balaban J connectivity index is 0.00000348. The zero-order chi connectivity index (χ0) is 32.8. The van der Waals surface area contributed by atoms with Crippen molar-refractivity contribution < 1.29 is 21.1 Å². The molecule has 3 aliphatic rings. The van der Waals surface area contributed by atoms with Gasteiger partial charge in [0.1, 0.15) is 0 Å².